The summed E-state index contributed by atoms with van der Waals surface area (Å²) in [5, 5.41) is 2.40. The van der Waals surface area contributed by atoms with Crippen LogP contribution in [0.2, 0.25) is 0 Å². The van der Waals surface area contributed by atoms with Gasteiger partial charge in [-0.2, -0.15) is 13.2 Å². The Balaban J connectivity index is 2.86. The first-order chi connectivity index (χ1) is 9.11. The molecule has 20 heavy (non-hydrogen) atoms. The summed E-state index contributed by atoms with van der Waals surface area (Å²) in [4.78, 5) is 11.8. The summed E-state index contributed by atoms with van der Waals surface area (Å²) in [6.45, 7) is 3.82. The fourth-order valence-electron chi connectivity index (χ4n) is 1.67. The first-order valence-corrected chi connectivity index (χ1v) is 6.83. The second-order valence-electron chi connectivity index (χ2n) is 4.92. The zero-order valence-electron chi connectivity index (χ0n) is 11.1. The minimum absolute atomic E-state index is 0.0738. The van der Waals surface area contributed by atoms with Gasteiger partial charge in [0.25, 0.3) is 0 Å². The van der Waals surface area contributed by atoms with Crippen LogP contribution >= 0.6 is 15.9 Å². The average molecular weight is 353 g/mol. The SMILES string of the molecule is CC(C)C[C@@H](N)C(=O)Nc1ccc(Br)c(C(F)(F)F)c1. The Kier molecular flexibility index (Phi) is 5.59. The largest absolute Gasteiger partial charge is 0.417 e. The Morgan fingerprint density at radius 2 is 2.00 bits per heavy atom. The highest BCUT2D eigenvalue weighted by Crippen LogP contribution is 2.36. The number of rotatable bonds is 4. The molecule has 1 rings (SSSR count). The summed E-state index contributed by atoms with van der Waals surface area (Å²) >= 11 is 2.84. The lowest BCUT2D eigenvalue weighted by Gasteiger charge is -2.15. The maximum absolute atomic E-state index is 12.7. The fourth-order valence-corrected chi connectivity index (χ4v) is 2.14. The third-order valence-electron chi connectivity index (χ3n) is 2.60. The molecule has 1 aromatic rings. The van der Waals surface area contributed by atoms with E-state index in [0.29, 0.717) is 6.42 Å². The van der Waals surface area contributed by atoms with Crippen molar-refractivity contribution >= 4 is 27.5 Å². The number of nitrogens with two attached hydrogens (primary N) is 1. The van der Waals surface area contributed by atoms with E-state index in [2.05, 4.69) is 21.2 Å². The summed E-state index contributed by atoms with van der Waals surface area (Å²) in [6, 6.07) is 2.77. The standard InChI is InChI=1S/C13H16BrF3N2O/c1-7(2)5-11(18)12(20)19-8-3-4-10(14)9(6-8)13(15,16)17/h3-4,6-7,11H,5,18H2,1-2H3,(H,19,20)/t11-/m1/s1. The molecule has 0 aliphatic rings. The van der Waals surface area contributed by atoms with Gasteiger partial charge >= 0.3 is 6.18 Å². The predicted octanol–water partition coefficient (Wildman–Crippen LogP) is 3.78. The number of amides is 1. The molecule has 0 saturated heterocycles. The Labute approximate surface area is 123 Å². The molecule has 7 heteroatoms. The highest BCUT2D eigenvalue weighted by molar-refractivity contribution is 9.10. The van der Waals surface area contributed by atoms with E-state index in [-0.39, 0.29) is 16.1 Å². The number of hydrogen-bond acceptors (Lipinski definition) is 2. The first-order valence-electron chi connectivity index (χ1n) is 6.04. The first kappa shape index (κ1) is 17.0. The monoisotopic (exact) mass is 352 g/mol. The van der Waals surface area contributed by atoms with E-state index in [9.17, 15) is 18.0 Å². The maximum Gasteiger partial charge on any atom is 0.417 e. The van der Waals surface area contributed by atoms with Crippen molar-refractivity contribution in [2.24, 2.45) is 11.7 Å². The molecule has 0 aliphatic carbocycles. The van der Waals surface area contributed by atoms with Gasteiger partial charge in [-0.05, 0) is 30.5 Å². The summed E-state index contributed by atoms with van der Waals surface area (Å²) in [5.74, 6) is -0.263. The van der Waals surface area contributed by atoms with Gasteiger partial charge in [0.1, 0.15) is 0 Å². The van der Waals surface area contributed by atoms with Gasteiger partial charge in [0.2, 0.25) is 5.91 Å². The van der Waals surface area contributed by atoms with Crippen molar-refractivity contribution in [2.45, 2.75) is 32.5 Å². The highest BCUT2D eigenvalue weighted by atomic mass is 79.9. The number of hydrogen-bond donors (Lipinski definition) is 2. The van der Waals surface area contributed by atoms with Crippen LogP contribution in [-0.2, 0) is 11.0 Å². The lowest BCUT2D eigenvalue weighted by atomic mass is 10.0. The van der Waals surface area contributed by atoms with E-state index in [1.807, 2.05) is 13.8 Å². The van der Waals surface area contributed by atoms with Crippen molar-refractivity contribution in [3.8, 4) is 0 Å². The van der Waals surface area contributed by atoms with Crippen LogP contribution in [0.3, 0.4) is 0 Å². The summed E-state index contributed by atoms with van der Waals surface area (Å²) in [5.41, 5.74) is 4.91. The van der Waals surface area contributed by atoms with Crippen LogP contribution in [0, 0.1) is 5.92 Å². The van der Waals surface area contributed by atoms with E-state index in [0.717, 1.165) is 6.07 Å². The smallest absolute Gasteiger partial charge is 0.325 e. The number of halogens is 4. The van der Waals surface area contributed by atoms with Gasteiger partial charge in [-0.1, -0.05) is 29.8 Å². The summed E-state index contributed by atoms with van der Waals surface area (Å²) < 4.78 is 38.1. The van der Waals surface area contributed by atoms with Crippen molar-refractivity contribution in [2.75, 3.05) is 5.32 Å². The summed E-state index contributed by atoms with van der Waals surface area (Å²) in [7, 11) is 0. The zero-order valence-corrected chi connectivity index (χ0v) is 12.7. The molecule has 3 N–H and O–H groups in total. The van der Waals surface area contributed by atoms with Crippen LogP contribution in [0.15, 0.2) is 22.7 Å². The molecule has 0 aliphatic heterocycles. The molecule has 0 fully saturated rings. The zero-order chi connectivity index (χ0) is 15.5. The van der Waals surface area contributed by atoms with Crippen LogP contribution in [0.5, 0.6) is 0 Å². The van der Waals surface area contributed by atoms with Crippen LogP contribution in [0.1, 0.15) is 25.8 Å². The van der Waals surface area contributed by atoms with Crippen LogP contribution in [-0.4, -0.2) is 11.9 Å². The maximum atomic E-state index is 12.7. The van der Waals surface area contributed by atoms with Crippen LogP contribution < -0.4 is 11.1 Å². The number of carbonyl (C=O) groups is 1. The van der Waals surface area contributed by atoms with Crippen molar-refractivity contribution in [3.63, 3.8) is 0 Å². The topological polar surface area (TPSA) is 55.1 Å². The normalized spacial score (nSPS) is 13.4. The molecule has 0 bridgehead atoms. The fraction of sp³-hybridized carbons (Fsp3) is 0.462. The van der Waals surface area contributed by atoms with E-state index in [4.69, 9.17) is 5.73 Å². The molecule has 0 heterocycles. The van der Waals surface area contributed by atoms with E-state index in [1.54, 1.807) is 0 Å². The molecule has 1 atom stereocenters. The quantitative estimate of drug-likeness (QED) is 0.866. The van der Waals surface area contributed by atoms with E-state index >= 15 is 0 Å². The van der Waals surface area contributed by atoms with Gasteiger partial charge in [0.05, 0.1) is 11.6 Å². The number of anilines is 1. The molecule has 3 nitrogen and oxygen atoms in total. The molecule has 1 aromatic carbocycles. The minimum Gasteiger partial charge on any atom is -0.325 e. The molecular weight excluding hydrogens is 337 g/mol. The van der Waals surface area contributed by atoms with Crippen molar-refractivity contribution in [1.29, 1.82) is 0 Å². The Bertz CT molecular complexity index is 489. The van der Waals surface area contributed by atoms with Gasteiger partial charge in [-0.25, -0.2) is 0 Å². The molecule has 0 unspecified atom stereocenters. The van der Waals surface area contributed by atoms with Gasteiger partial charge in [0, 0.05) is 10.2 Å². The van der Waals surface area contributed by atoms with Crippen molar-refractivity contribution < 1.29 is 18.0 Å². The van der Waals surface area contributed by atoms with Gasteiger partial charge in [0.15, 0.2) is 0 Å². The van der Waals surface area contributed by atoms with E-state index < -0.39 is 23.7 Å². The molecule has 1 amide bonds. The molecule has 0 radical (unpaired) electrons. The molecule has 0 spiro atoms. The average Bonchev–Trinajstić information content (AvgIpc) is 2.29. The highest BCUT2D eigenvalue weighted by Gasteiger charge is 2.33. The Hall–Kier alpha value is -1.08. The molecule has 0 aromatic heterocycles. The Morgan fingerprint density at radius 3 is 2.50 bits per heavy atom. The van der Waals surface area contributed by atoms with Crippen molar-refractivity contribution in [3.05, 3.63) is 28.2 Å². The second-order valence-corrected chi connectivity index (χ2v) is 5.77. The predicted molar refractivity (Wildman–Crippen MR) is 75.2 cm³/mol. The molecule has 112 valence electrons. The number of benzene rings is 1. The van der Waals surface area contributed by atoms with E-state index in [1.165, 1.54) is 12.1 Å². The Morgan fingerprint density at radius 1 is 1.40 bits per heavy atom. The third kappa shape index (κ3) is 4.79. The molecule has 0 saturated carbocycles. The molecular formula is C13H16BrF3N2O. The third-order valence-corrected chi connectivity index (χ3v) is 3.29. The van der Waals surface area contributed by atoms with Crippen LogP contribution in [0.25, 0.3) is 0 Å². The number of carbonyl (C=O) groups excluding carboxylic acids is 1. The number of alkyl halides is 3. The number of nitrogens with one attached hydrogen (secondary N) is 1. The lowest BCUT2D eigenvalue weighted by Crippen LogP contribution is -2.36. The van der Waals surface area contributed by atoms with Crippen LogP contribution in [0.4, 0.5) is 18.9 Å². The summed E-state index contributed by atoms with van der Waals surface area (Å²) in [6.07, 6.45) is -4.02. The minimum atomic E-state index is -4.49. The lowest BCUT2D eigenvalue weighted by molar-refractivity contribution is -0.138. The second kappa shape index (κ2) is 6.58. The van der Waals surface area contributed by atoms with Gasteiger partial charge < -0.3 is 11.1 Å². The van der Waals surface area contributed by atoms with Gasteiger partial charge in [-0.15, -0.1) is 0 Å². The van der Waals surface area contributed by atoms with Crippen molar-refractivity contribution in [1.82, 2.24) is 0 Å². The van der Waals surface area contributed by atoms with Gasteiger partial charge in [-0.3, -0.25) is 4.79 Å².